The molecule has 3 nitrogen and oxygen atoms in total. The highest BCUT2D eigenvalue weighted by Crippen LogP contribution is 2.06. The van der Waals surface area contributed by atoms with Gasteiger partial charge in [-0.1, -0.05) is 18.2 Å². The van der Waals surface area contributed by atoms with Crippen LogP contribution < -0.4 is 0 Å². The van der Waals surface area contributed by atoms with Crippen molar-refractivity contribution in [1.29, 1.82) is 0 Å². The average Bonchev–Trinajstić information content (AvgIpc) is 1.88. The largest absolute Gasteiger partial charge is 0.269 e. The maximum atomic E-state index is 10.1. The smallest absolute Gasteiger partial charge is 0.258 e. The fourth-order valence-electron chi connectivity index (χ4n) is 0.500. The highest BCUT2D eigenvalue weighted by Gasteiger charge is 1.98. The first-order valence-electron chi connectivity index (χ1n) is 2.91. The summed E-state index contributed by atoms with van der Waals surface area (Å²) in [6.45, 7) is 0. The van der Waals surface area contributed by atoms with Crippen molar-refractivity contribution in [3.05, 3.63) is 40.4 Å². The third-order valence-electron chi connectivity index (χ3n) is 0.911. The lowest BCUT2D eigenvalue weighted by atomic mass is 10.3. The molecule has 0 heterocycles. The number of nitro benzene ring substituents is 1. The Morgan fingerprint density at radius 2 is 2.11 bits per heavy atom. The second-order valence-electron chi connectivity index (χ2n) is 1.52. The zero-order valence-corrected chi connectivity index (χ0v) is 4.57. The van der Waals surface area contributed by atoms with Gasteiger partial charge in [-0.15, -0.1) is 0 Å². The van der Waals surface area contributed by atoms with Crippen LogP contribution in [-0.4, -0.2) is 4.92 Å². The molecule has 0 saturated carbocycles. The number of hydrogen-bond acceptors (Lipinski definition) is 2. The summed E-state index contributed by atoms with van der Waals surface area (Å²) in [6.07, 6.45) is 0. The summed E-state index contributed by atoms with van der Waals surface area (Å²) in [7, 11) is 0. The fourth-order valence-corrected chi connectivity index (χ4v) is 0.500. The number of non-ortho nitro benzene ring substituents is 1. The van der Waals surface area contributed by atoms with Crippen LogP contribution in [-0.2, 0) is 0 Å². The summed E-state index contributed by atoms with van der Waals surface area (Å²) < 4.78 is 7.01. The molecule has 0 fully saturated rings. The van der Waals surface area contributed by atoms with E-state index < -0.39 is 4.92 Å². The van der Waals surface area contributed by atoms with Gasteiger partial charge in [0.15, 0.2) is 0 Å². The maximum Gasteiger partial charge on any atom is 0.269 e. The summed E-state index contributed by atoms with van der Waals surface area (Å²) >= 11 is 0. The number of benzene rings is 1. The quantitative estimate of drug-likeness (QED) is 0.421. The molecule has 3 heteroatoms. The molecule has 1 aromatic rings. The number of rotatable bonds is 1. The van der Waals surface area contributed by atoms with Crippen LogP contribution in [0.5, 0.6) is 0 Å². The van der Waals surface area contributed by atoms with Gasteiger partial charge in [-0.25, -0.2) is 0 Å². The molecule has 0 aliphatic rings. The van der Waals surface area contributed by atoms with E-state index in [9.17, 15) is 10.1 Å². The van der Waals surface area contributed by atoms with Gasteiger partial charge in [0.1, 0.15) is 0 Å². The number of hydrogen-bond donors (Lipinski definition) is 0. The van der Waals surface area contributed by atoms with Crippen molar-refractivity contribution in [2.45, 2.75) is 0 Å². The van der Waals surface area contributed by atoms with Gasteiger partial charge in [0.05, 0.1) is 6.29 Å². The predicted octanol–water partition coefficient (Wildman–Crippen LogP) is 1.59. The van der Waals surface area contributed by atoms with E-state index in [-0.39, 0.29) is 11.7 Å². The Morgan fingerprint density at radius 3 is 2.56 bits per heavy atom. The normalized spacial score (nSPS) is 10.4. The Labute approximate surface area is 53.5 Å². The van der Waals surface area contributed by atoms with Gasteiger partial charge in [0.25, 0.3) is 5.69 Å². The first-order valence-corrected chi connectivity index (χ1v) is 2.41. The third-order valence-corrected chi connectivity index (χ3v) is 0.911. The van der Waals surface area contributed by atoms with E-state index in [1.807, 2.05) is 0 Å². The van der Waals surface area contributed by atoms with Gasteiger partial charge in [0, 0.05) is 12.1 Å². The Morgan fingerprint density at radius 1 is 1.56 bits per heavy atom. The molecular weight excluding hydrogens is 118 g/mol. The van der Waals surface area contributed by atoms with Gasteiger partial charge in [0.2, 0.25) is 0 Å². The Hall–Kier alpha value is -1.38. The number of nitro groups is 1. The molecule has 0 unspecified atom stereocenters. The van der Waals surface area contributed by atoms with Crippen molar-refractivity contribution < 1.29 is 6.29 Å². The van der Waals surface area contributed by atoms with Crippen LogP contribution in [0.2, 0.25) is 0 Å². The molecule has 9 heavy (non-hydrogen) atoms. The van der Waals surface area contributed by atoms with E-state index >= 15 is 0 Å². The molecule has 1 rings (SSSR count). The van der Waals surface area contributed by atoms with Crippen molar-refractivity contribution in [2.75, 3.05) is 0 Å². The minimum absolute atomic E-state index is 0.0241. The van der Waals surface area contributed by atoms with Crippen LogP contribution >= 0.6 is 0 Å². The highest BCUT2D eigenvalue weighted by atomic mass is 16.6. The molecule has 0 amide bonds. The lowest BCUT2D eigenvalue weighted by molar-refractivity contribution is -0.384. The van der Waals surface area contributed by atoms with Crippen LogP contribution in [0, 0.1) is 10.1 Å². The molecule has 46 valence electrons. The topological polar surface area (TPSA) is 43.1 Å². The highest BCUT2D eigenvalue weighted by molar-refractivity contribution is 5.27. The van der Waals surface area contributed by atoms with Gasteiger partial charge in [-0.3, -0.25) is 10.1 Å². The second-order valence-corrected chi connectivity index (χ2v) is 1.52. The summed E-state index contributed by atoms with van der Waals surface area (Å²) in [5.41, 5.74) is 0.0241. The third kappa shape index (κ3) is 1.25. The van der Waals surface area contributed by atoms with Crippen molar-refractivity contribution in [2.24, 2.45) is 0 Å². The van der Waals surface area contributed by atoms with Gasteiger partial charge in [-0.2, -0.15) is 0 Å². The van der Waals surface area contributed by atoms with Crippen LogP contribution in [0.1, 0.15) is 1.37 Å². The Bertz CT molecular complexity index is 244. The summed E-state index contributed by atoms with van der Waals surface area (Å²) in [5.74, 6) is 0. The molecule has 0 atom stereocenters. The molecule has 0 bridgehead atoms. The molecule has 0 radical (unpaired) electrons. The molecule has 1 aromatic carbocycles. The molecule has 0 aliphatic carbocycles. The summed E-state index contributed by atoms with van der Waals surface area (Å²) in [4.78, 5) is 9.57. The fraction of sp³-hybridized carbons (Fsp3) is 0. The monoisotopic (exact) mass is 124 g/mol. The van der Waals surface area contributed by atoms with Crippen molar-refractivity contribution >= 4 is 5.69 Å². The molecule has 0 spiro atoms. The van der Waals surface area contributed by atoms with E-state index in [1.165, 1.54) is 24.3 Å². The molecule has 0 N–H and O–H groups in total. The average molecular weight is 124 g/mol. The van der Waals surface area contributed by atoms with Crippen molar-refractivity contribution in [3.8, 4) is 0 Å². The van der Waals surface area contributed by atoms with E-state index in [0.717, 1.165) is 0 Å². The van der Waals surface area contributed by atoms with E-state index in [0.29, 0.717) is 0 Å². The lowest BCUT2D eigenvalue weighted by Crippen LogP contribution is -1.84. The van der Waals surface area contributed by atoms with E-state index in [1.54, 1.807) is 0 Å². The maximum absolute atomic E-state index is 10.1. The second kappa shape index (κ2) is 2.26. The molecular formula is C6H5NO2. The van der Waals surface area contributed by atoms with Crippen LogP contribution in [0.25, 0.3) is 0 Å². The van der Waals surface area contributed by atoms with Gasteiger partial charge in [-0.05, 0) is 0 Å². The summed E-state index contributed by atoms with van der Waals surface area (Å²) in [6, 6.07) is 5.67. The zero-order valence-electron chi connectivity index (χ0n) is 5.57. The van der Waals surface area contributed by atoms with Crippen molar-refractivity contribution in [1.82, 2.24) is 0 Å². The Kier molecular flexibility index (Phi) is 1.13. The number of para-hydroxylation sites is 1. The predicted molar refractivity (Wildman–Crippen MR) is 33.1 cm³/mol. The summed E-state index contributed by atoms with van der Waals surface area (Å²) in [5, 5.41) is 10.1. The zero-order chi connectivity index (χ0) is 7.56. The van der Waals surface area contributed by atoms with Crippen molar-refractivity contribution in [3.63, 3.8) is 0 Å². The van der Waals surface area contributed by atoms with Crippen LogP contribution in [0.3, 0.4) is 0 Å². The van der Waals surface area contributed by atoms with Crippen LogP contribution in [0.4, 0.5) is 5.69 Å². The first-order chi connectivity index (χ1) is 4.70. The molecule has 0 aliphatic heterocycles. The Balaban J connectivity index is 3.00. The standard InChI is InChI=1S/C6H5NO2/c8-7(9)6-4-2-1-3-5-6/h1-5H/i1D. The minimum atomic E-state index is -0.487. The minimum Gasteiger partial charge on any atom is -0.258 e. The van der Waals surface area contributed by atoms with E-state index in [4.69, 9.17) is 1.37 Å². The lowest BCUT2D eigenvalue weighted by Gasteiger charge is -1.85. The number of nitrogens with zero attached hydrogens (tertiary/aromatic N) is 1. The SMILES string of the molecule is [2H]c1ccc([N+](=O)[O-])cc1. The van der Waals surface area contributed by atoms with E-state index in [2.05, 4.69) is 0 Å². The van der Waals surface area contributed by atoms with Gasteiger partial charge < -0.3 is 0 Å². The first kappa shape index (κ1) is 4.49. The molecule has 0 aromatic heterocycles. The van der Waals surface area contributed by atoms with Crippen LogP contribution in [0.15, 0.2) is 30.3 Å². The van der Waals surface area contributed by atoms with Gasteiger partial charge >= 0.3 is 0 Å². The molecule has 0 saturated heterocycles.